The van der Waals surface area contributed by atoms with E-state index >= 15 is 0 Å². The van der Waals surface area contributed by atoms with Crippen LogP contribution in [-0.4, -0.2) is 34.6 Å². The Kier molecular flexibility index (Phi) is 5.51. The number of ether oxygens (including phenoxy) is 2. The molecule has 0 N–H and O–H groups in total. The lowest BCUT2D eigenvalue weighted by atomic mass is 10.2. The van der Waals surface area contributed by atoms with E-state index in [0.717, 1.165) is 19.8 Å². The second-order valence-corrected chi connectivity index (χ2v) is 6.21. The number of methoxy groups -OCH3 is 2. The first kappa shape index (κ1) is 17.2. The van der Waals surface area contributed by atoms with Crippen molar-refractivity contribution in [3.63, 3.8) is 0 Å². The highest BCUT2D eigenvalue weighted by Gasteiger charge is 2.34. The van der Waals surface area contributed by atoms with Crippen LogP contribution in [0, 0.1) is 6.92 Å². The molecule has 0 atom stereocenters. The minimum atomic E-state index is -4.31. The van der Waals surface area contributed by atoms with Crippen LogP contribution in [0.25, 0.3) is 0 Å². The van der Waals surface area contributed by atoms with E-state index in [1.54, 1.807) is 19.1 Å². The molecule has 1 aromatic rings. The van der Waals surface area contributed by atoms with Gasteiger partial charge >= 0.3 is 11.9 Å². The van der Waals surface area contributed by atoms with Crippen LogP contribution in [0.4, 0.5) is 0 Å². The maximum atomic E-state index is 12.5. The number of sulfone groups is 1. The molecule has 114 valence electrons. The van der Waals surface area contributed by atoms with E-state index in [1.807, 2.05) is 0 Å². The molecular formula is C13H13ClO6S. The van der Waals surface area contributed by atoms with Crippen molar-refractivity contribution in [1.82, 2.24) is 0 Å². The highest BCUT2D eigenvalue weighted by Crippen LogP contribution is 2.26. The van der Waals surface area contributed by atoms with E-state index in [0.29, 0.717) is 0 Å². The number of benzene rings is 1. The summed E-state index contributed by atoms with van der Waals surface area (Å²) in [7, 11) is -2.32. The highest BCUT2D eigenvalue weighted by molar-refractivity contribution is 7.96. The molecule has 0 spiro atoms. The zero-order valence-corrected chi connectivity index (χ0v) is 13.1. The minimum Gasteiger partial charge on any atom is -0.465 e. The molecule has 8 heteroatoms. The van der Waals surface area contributed by atoms with Crippen LogP contribution in [-0.2, 0) is 28.9 Å². The fourth-order valence-corrected chi connectivity index (χ4v) is 3.24. The number of aryl methyl sites for hydroxylation is 1. The number of carbonyl (C=O) groups is 2. The summed E-state index contributed by atoms with van der Waals surface area (Å²) in [5.74, 6) is -2.39. The number of rotatable bonds is 4. The van der Waals surface area contributed by atoms with E-state index in [9.17, 15) is 18.0 Å². The molecule has 0 bridgehead atoms. The lowest BCUT2D eigenvalue weighted by Crippen LogP contribution is -2.19. The molecule has 0 radical (unpaired) electrons. The van der Waals surface area contributed by atoms with Gasteiger partial charge in [0.05, 0.1) is 19.1 Å². The maximum absolute atomic E-state index is 12.5. The number of hydrogen-bond donors (Lipinski definition) is 0. The topological polar surface area (TPSA) is 86.7 Å². The SMILES string of the molecule is COC(=O)/C(Cl)=C(\C(=O)OC)S(=O)(=O)c1ccc(C)cc1. The number of esters is 2. The summed E-state index contributed by atoms with van der Waals surface area (Å²) in [5, 5.41) is -0.857. The van der Waals surface area contributed by atoms with Crippen LogP contribution >= 0.6 is 11.6 Å². The number of carbonyl (C=O) groups excluding carboxylic acids is 2. The van der Waals surface area contributed by atoms with Gasteiger partial charge in [0.25, 0.3) is 0 Å². The van der Waals surface area contributed by atoms with Crippen molar-refractivity contribution in [2.45, 2.75) is 11.8 Å². The summed E-state index contributed by atoms with van der Waals surface area (Å²) in [6.07, 6.45) is 0. The van der Waals surface area contributed by atoms with Crippen LogP contribution in [0.15, 0.2) is 39.1 Å². The van der Waals surface area contributed by atoms with Crippen LogP contribution in [0.2, 0.25) is 0 Å². The van der Waals surface area contributed by atoms with E-state index in [4.69, 9.17) is 11.6 Å². The van der Waals surface area contributed by atoms with Gasteiger partial charge in [-0.25, -0.2) is 18.0 Å². The monoisotopic (exact) mass is 332 g/mol. The van der Waals surface area contributed by atoms with Gasteiger partial charge in [-0.15, -0.1) is 0 Å². The Bertz CT molecular complexity index is 688. The van der Waals surface area contributed by atoms with Gasteiger partial charge in [0.1, 0.15) is 0 Å². The van der Waals surface area contributed by atoms with Crippen molar-refractivity contribution >= 4 is 33.4 Å². The Labute approximate surface area is 127 Å². The zero-order valence-electron chi connectivity index (χ0n) is 11.5. The summed E-state index contributed by atoms with van der Waals surface area (Å²) in [6, 6.07) is 5.70. The second kappa shape index (κ2) is 6.73. The Morgan fingerprint density at radius 1 is 1.00 bits per heavy atom. The molecule has 0 aliphatic heterocycles. The van der Waals surface area contributed by atoms with Gasteiger partial charge in [-0.3, -0.25) is 0 Å². The van der Waals surface area contributed by atoms with Gasteiger partial charge in [-0.05, 0) is 19.1 Å². The molecule has 0 saturated heterocycles. The highest BCUT2D eigenvalue weighted by atomic mass is 35.5. The summed E-state index contributed by atoms with van der Waals surface area (Å²) in [6.45, 7) is 1.77. The van der Waals surface area contributed by atoms with Gasteiger partial charge in [0.15, 0.2) is 9.94 Å². The lowest BCUT2D eigenvalue weighted by Gasteiger charge is -2.09. The average Bonchev–Trinajstić information content (AvgIpc) is 2.46. The van der Waals surface area contributed by atoms with E-state index < -0.39 is 31.7 Å². The van der Waals surface area contributed by atoms with Crippen LogP contribution in [0.1, 0.15) is 5.56 Å². The summed E-state index contributed by atoms with van der Waals surface area (Å²) < 4.78 is 33.6. The molecule has 6 nitrogen and oxygen atoms in total. The largest absolute Gasteiger partial charge is 0.465 e. The summed E-state index contributed by atoms with van der Waals surface area (Å²) in [5.41, 5.74) is 0.830. The van der Waals surface area contributed by atoms with E-state index in [-0.39, 0.29) is 4.90 Å². The molecule has 0 heterocycles. The Morgan fingerprint density at radius 2 is 1.48 bits per heavy atom. The van der Waals surface area contributed by atoms with Crippen molar-refractivity contribution < 1.29 is 27.5 Å². The van der Waals surface area contributed by atoms with Gasteiger partial charge < -0.3 is 9.47 Å². The van der Waals surface area contributed by atoms with E-state index in [2.05, 4.69) is 9.47 Å². The molecule has 0 aliphatic carbocycles. The van der Waals surface area contributed by atoms with Gasteiger partial charge in [0.2, 0.25) is 9.84 Å². The molecule has 0 amide bonds. The fourth-order valence-electron chi connectivity index (χ4n) is 1.43. The standard InChI is InChI=1S/C13H13ClO6S/c1-8-4-6-9(7-5-8)21(17,18)11(13(16)20-3)10(14)12(15)19-2/h4-7H,1-3H3/b11-10-. The molecule has 0 aliphatic rings. The molecule has 1 aromatic carbocycles. The first-order valence-corrected chi connectivity index (χ1v) is 7.50. The molecular weight excluding hydrogens is 320 g/mol. The first-order chi connectivity index (χ1) is 9.75. The molecule has 0 unspecified atom stereocenters. The van der Waals surface area contributed by atoms with Crippen molar-refractivity contribution in [3.05, 3.63) is 39.8 Å². The predicted molar refractivity (Wildman–Crippen MR) is 75.3 cm³/mol. The molecule has 0 fully saturated rings. The fraction of sp³-hybridized carbons (Fsp3) is 0.231. The van der Waals surface area contributed by atoms with Gasteiger partial charge in [-0.1, -0.05) is 29.3 Å². The van der Waals surface area contributed by atoms with Crippen molar-refractivity contribution in [1.29, 1.82) is 0 Å². The Morgan fingerprint density at radius 3 is 1.90 bits per heavy atom. The number of halogens is 1. The van der Waals surface area contributed by atoms with Gasteiger partial charge in [0, 0.05) is 0 Å². The molecule has 0 saturated carbocycles. The maximum Gasteiger partial charge on any atom is 0.351 e. The zero-order chi connectivity index (χ0) is 16.2. The third kappa shape index (κ3) is 3.62. The third-order valence-corrected chi connectivity index (χ3v) is 4.79. The quantitative estimate of drug-likeness (QED) is 0.614. The van der Waals surface area contributed by atoms with Crippen molar-refractivity contribution in [2.24, 2.45) is 0 Å². The summed E-state index contributed by atoms with van der Waals surface area (Å²) >= 11 is 5.66. The average molecular weight is 333 g/mol. The number of hydrogen-bond acceptors (Lipinski definition) is 6. The normalized spacial score (nSPS) is 12.4. The Balaban J connectivity index is 3.56. The van der Waals surface area contributed by atoms with Gasteiger partial charge in [-0.2, -0.15) is 0 Å². The molecule has 0 aromatic heterocycles. The predicted octanol–water partition coefficient (Wildman–Crippen LogP) is 1.57. The first-order valence-electron chi connectivity index (χ1n) is 5.63. The minimum absolute atomic E-state index is 0.185. The third-order valence-electron chi connectivity index (χ3n) is 2.53. The van der Waals surface area contributed by atoms with Crippen molar-refractivity contribution in [2.75, 3.05) is 14.2 Å². The van der Waals surface area contributed by atoms with Crippen LogP contribution in [0.5, 0.6) is 0 Å². The van der Waals surface area contributed by atoms with E-state index in [1.165, 1.54) is 12.1 Å². The lowest BCUT2D eigenvalue weighted by molar-refractivity contribution is -0.138. The molecule has 1 rings (SSSR count). The summed E-state index contributed by atoms with van der Waals surface area (Å²) in [4.78, 5) is 22.0. The smallest absolute Gasteiger partial charge is 0.351 e. The van der Waals surface area contributed by atoms with Crippen molar-refractivity contribution in [3.8, 4) is 0 Å². The second-order valence-electron chi connectivity index (χ2n) is 3.94. The molecule has 21 heavy (non-hydrogen) atoms. The van der Waals surface area contributed by atoms with Crippen LogP contribution in [0.3, 0.4) is 0 Å². The van der Waals surface area contributed by atoms with Crippen LogP contribution < -0.4 is 0 Å². The Hall–Kier alpha value is -1.86.